The summed E-state index contributed by atoms with van der Waals surface area (Å²) in [7, 11) is 0. The minimum absolute atomic E-state index is 0.0670. The number of halogens is 1. The van der Waals surface area contributed by atoms with Crippen LogP contribution in [0.1, 0.15) is 122 Å². The molecule has 3 nitrogen and oxygen atoms in total. The van der Waals surface area contributed by atoms with Gasteiger partial charge in [0, 0.05) is 32.1 Å². The van der Waals surface area contributed by atoms with Gasteiger partial charge in [-0.25, -0.2) is 0 Å². The second kappa shape index (κ2) is 19.5. The quantitative estimate of drug-likeness (QED) is 0.115. The van der Waals surface area contributed by atoms with Gasteiger partial charge in [-0.1, -0.05) is 121 Å². The number of hydrogen-bond donors (Lipinski definition) is 1. The molecule has 0 aromatic carbocycles. The molecule has 0 saturated carbocycles. The van der Waals surface area contributed by atoms with Crippen molar-refractivity contribution in [2.75, 3.05) is 19.7 Å². The Morgan fingerprint density at radius 1 is 0.586 bits per heavy atom. The Labute approximate surface area is 186 Å². The predicted molar refractivity (Wildman–Crippen MR) is 128 cm³/mol. The first-order valence-corrected chi connectivity index (χ1v) is 13.2. The van der Waals surface area contributed by atoms with Crippen LogP contribution in [0.3, 0.4) is 0 Å². The average molecular weight is 429 g/mol. The van der Waals surface area contributed by atoms with E-state index in [1.807, 2.05) is 0 Å². The lowest BCUT2D eigenvalue weighted by atomic mass is 10.0. The van der Waals surface area contributed by atoms with Crippen LogP contribution in [0.25, 0.3) is 0 Å². The van der Waals surface area contributed by atoms with Crippen molar-refractivity contribution in [2.45, 2.75) is 128 Å². The van der Waals surface area contributed by atoms with Gasteiger partial charge in [0.25, 0.3) is 0 Å². The molecule has 1 unspecified atom stereocenters. The number of rotatable bonds is 21. The van der Waals surface area contributed by atoms with E-state index in [9.17, 15) is 0 Å². The molecule has 0 aromatic rings. The Morgan fingerprint density at radius 3 is 1.31 bits per heavy atom. The van der Waals surface area contributed by atoms with Crippen LogP contribution in [-0.2, 0) is 0 Å². The number of hydrogen-bond acceptors (Lipinski definition) is 3. The van der Waals surface area contributed by atoms with Gasteiger partial charge < -0.3 is 14.9 Å². The second-order valence-corrected chi connectivity index (χ2v) is 9.21. The molecule has 1 N–H and O–H groups in total. The molecule has 1 rings (SSSR count). The van der Waals surface area contributed by atoms with Gasteiger partial charge in [0.1, 0.15) is 0 Å². The number of unbranched alkanes of at least 4 members (excludes halogenated alkanes) is 16. The summed E-state index contributed by atoms with van der Waals surface area (Å²) in [5, 5.41) is 8.94. The van der Waals surface area contributed by atoms with Crippen LogP contribution in [0.4, 0.5) is 0 Å². The maximum atomic E-state index is 8.94. The van der Waals surface area contributed by atoms with Gasteiger partial charge in [0.15, 0.2) is 5.62 Å². The van der Waals surface area contributed by atoms with E-state index in [-0.39, 0.29) is 12.2 Å². The Balaban J connectivity index is 1.77. The molecule has 1 aliphatic rings. The SMILES string of the molecule is CCCCCCCCCCCCCCCCCCCN1C=CN(CCCO)C1Cl. The first-order valence-electron chi connectivity index (χ1n) is 12.7. The lowest BCUT2D eigenvalue weighted by Gasteiger charge is -2.27. The smallest absolute Gasteiger partial charge is 0.179 e. The minimum atomic E-state index is -0.0670. The molecule has 1 aliphatic heterocycles. The molecule has 0 aliphatic carbocycles. The van der Waals surface area contributed by atoms with Crippen LogP contribution in [0.15, 0.2) is 12.4 Å². The van der Waals surface area contributed by atoms with Crippen molar-refractivity contribution >= 4 is 11.6 Å². The van der Waals surface area contributed by atoms with Crippen LogP contribution in [-0.4, -0.2) is 40.2 Å². The minimum Gasteiger partial charge on any atom is -0.396 e. The fraction of sp³-hybridized carbons (Fsp3) is 0.920. The average Bonchev–Trinajstić information content (AvgIpc) is 3.08. The summed E-state index contributed by atoms with van der Waals surface area (Å²) in [6, 6.07) is 0. The van der Waals surface area contributed by atoms with Crippen LogP contribution in [0.5, 0.6) is 0 Å². The Morgan fingerprint density at radius 2 is 0.931 bits per heavy atom. The summed E-state index contributed by atoms with van der Waals surface area (Å²) in [6.45, 7) is 4.39. The van der Waals surface area contributed by atoms with Crippen molar-refractivity contribution in [3.63, 3.8) is 0 Å². The van der Waals surface area contributed by atoms with E-state index >= 15 is 0 Å². The highest BCUT2D eigenvalue weighted by Crippen LogP contribution is 2.20. The first-order chi connectivity index (χ1) is 14.3. The zero-order chi connectivity index (χ0) is 21.0. The summed E-state index contributed by atoms with van der Waals surface area (Å²) in [5.41, 5.74) is -0.0670. The predicted octanol–water partition coefficient (Wildman–Crippen LogP) is 7.63. The van der Waals surface area contributed by atoms with E-state index in [1.54, 1.807) is 0 Å². The molecule has 1 heterocycles. The van der Waals surface area contributed by atoms with Gasteiger partial charge >= 0.3 is 0 Å². The van der Waals surface area contributed by atoms with E-state index in [1.165, 1.54) is 109 Å². The fourth-order valence-corrected chi connectivity index (χ4v) is 4.46. The van der Waals surface area contributed by atoms with Gasteiger partial charge in [-0.3, -0.25) is 0 Å². The van der Waals surface area contributed by atoms with Crippen molar-refractivity contribution in [1.29, 1.82) is 0 Å². The van der Waals surface area contributed by atoms with Crippen molar-refractivity contribution in [2.24, 2.45) is 0 Å². The Bertz CT molecular complexity index is 378. The van der Waals surface area contributed by atoms with E-state index < -0.39 is 0 Å². The summed E-state index contributed by atoms with van der Waals surface area (Å²) >= 11 is 6.46. The molecule has 0 saturated heterocycles. The molecular formula is C25H49ClN2O. The van der Waals surface area contributed by atoms with Gasteiger partial charge in [0.2, 0.25) is 0 Å². The van der Waals surface area contributed by atoms with Crippen LogP contribution >= 0.6 is 11.6 Å². The number of aliphatic hydroxyl groups excluding tert-OH is 1. The van der Waals surface area contributed by atoms with Gasteiger partial charge in [-0.05, 0) is 12.8 Å². The molecule has 0 spiro atoms. The maximum Gasteiger partial charge on any atom is 0.179 e. The zero-order valence-electron chi connectivity index (χ0n) is 19.3. The van der Waals surface area contributed by atoms with Crippen molar-refractivity contribution in [3.8, 4) is 0 Å². The molecule has 0 radical (unpaired) electrons. The molecule has 0 fully saturated rings. The third kappa shape index (κ3) is 14.3. The molecular weight excluding hydrogens is 380 g/mol. The molecule has 29 heavy (non-hydrogen) atoms. The molecule has 0 amide bonds. The zero-order valence-corrected chi connectivity index (χ0v) is 20.1. The van der Waals surface area contributed by atoms with Crippen molar-refractivity contribution in [3.05, 3.63) is 12.4 Å². The summed E-state index contributed by atoms with van der Waals surface area (Å²) in [5.74, 6) is 0. The number of aliphatic hydroxyl groups is 1. The molecule has 4 heteroatoms. The highest BCUT2D eigenvalue weighted by atomic mass is 35.5. The highest BCUT2D eigenvalue weighted by molar-refractivity contribution is 6.20. The maximum absolute atomic E-state index is 8.94. The standard InChI is InChI=1S/C25H49ClN2O/c1-2-3-4-5-6-7-8-9-10-11-12-13-14-15-16-17-18-20-27-22-23-28(25(27)26)21-19-24-29/h22-23,25,29H,2-21,24H2,1H3. The topological polar surface area (TPSA) is 26.7 Å². The van der Waals surface area contributed by atoms with Crippen LogP contribution < -0.4 is 0 Å². The van der Waals surface area contributed by atoms with E-state index in [2.05, 4.69) is 29.1 Å². The lowest BCUT2D eigenvalue weighted by Crippen LogP contribution is -2.35. The monoisotopic (exact) mass is 428 g/mol. The third-order valence-electron chi connectivity index (χ3n) is 6.09. The Kier molecular flexibility index (Phi) is 17.9. The van der Waals surface area contributed by atoms with E-state index in [0.29, 0.717) is 0 Å². The first kappa shape index (κ1) is 26.6. The largest absolute Gasteiger partial charge is 0.396 e. The molecule has 172 valence electrons. The summed E-state index contributed by atoms with van der Waals surface area (Å²) < 4.78 is 0. The third-order valence-corrected chi connectivity index (χ3v) is 6.59. The number of nitrogens with zero attached hydrogens (tertiary/aromatic N) is 2. The van der Waals surface area contributed by atoms with Gasteiger partial charge in [0.05, 0.1) is 0 Å². The van der Waals surface area contributed by atoms with Crippen molar-refractivity contribution < 1.29 is 5.11 Å². The second-order valence-electron chi connectivity index (χ2n) is 8.82. The normalized spacial score (nSPS) is 16.3. The highest BCUT2D eigenvalue weighted by Gasteiger charge is 2.22. The summed E-state index contributed by atoms with van der Waals surface area (Å²) in [6.07, 6.45) is 28.9. The van der Waals surface area contributed by atoms with Crippen molar-refractivity contribution in [1.82, 2.24) is 9.80 Å². The Hall–Kier alpha value is -0.410. The molecule has 1 atom stereocenters. The van der Waals surface area contributed by atoms with Crippen LogP contribution in [0, 0.1) is 0 Å². The van der Waals surface area contributed by atoms with E-state index in [0.717, 1.165) is 19.5 Å². The number of alkyl halides is 1. The van der Waals surface area contributed by atoms with Gasteiger partial charge in [-0.15, -0.1) is 0 Å². The van der Waals surface area contributed by atoms with E-state index in [4.69, 9.17) is 16.7 Å². The van der Waals surface area contributed by atoms with Gasteiger partial charge in [-0.2, -0.15) is 0 Å². The molecule has 0 bridgehead atoms. The molecule has 0 aromatic heterocycles. The van der Waals surface area contributed by atoms with Crippen LogP contribution in [0.2, 0.25) is 0 Å². The summed E-state index contributed by atoms with van der Waals surface area (Å²) in [4.78, 5) is 4.32. The lowest BCUT2D eigenvalue weighted by molar-refractivity contribution is 0.201. The fourth-order valence-electron chi connectivity index (χ4n) is 4.14.